The zero-order valence-corrected chi connectivity index (χ0v) is 9.55. The van der Waals surface area contributed by atoms with Gasteiger partial charge in [-0.1, -0.05) is 36.1 Å². The van der Waals surface area contributed by atoms with Gasteiger partial charge in [-0.25, -0.2) is 0 Å². The van der Waals surface area contributed by atoms with E-state index < -0.39 is 0 Å². The van der Waals surface area contributed by atoms with E-state index in [1.807, 2.05) is 0 Å². The molecule has 1 aromatic rings. The van der Waals surface area contributed by atoms with E-state index >= 15 is 0 Å². The van der Waals surface area contributed by atoms with Crippen LogP contribution in [0.4, 0.5) is 0 Å². The molecule has 0 aliphatic heterocycles. The molecule has 0 N–H and O–H groups in total. The highest BCUT2D eigenvalue weighted by Crippen LogP contribution is 2.07. The van der Waals surface area contributed by atoms with Crippen molar-refractivity contribution in [3.05, 3.63) is 35.4 Å². The van der Waals surface area contributed by atoms with Crippen molar-refractivity contribution in [1.29, 1.82) is 0 Å². The molecule has 0 fully saturated rings. The smallest absolute Gasteiger partial charge is 0.0340 e. The molecule has 0 heteroatoms. The van der Waals surface area contributed by atoms with Gasteiger partial charge in [0.05, 0.1) is 0 Å². The predicted molar refractivity (Wildman–Crippen MR) is 67.9 cm³/mol. The van der Waals surface area contributed by atoms with Crippen LogP contribution in [0, 0.1) is 23.7 Å². The van der Waals surface area contributed by atoms with Gasteiger partial charge >= 0.3 is 0 Å². The van der Waals surface area contributed by atoms with E-state index in [0.29, 0.717) is 0 Å². The molecule has 0 radical (unpaired) electrons. The molecule has 0 atom stereocenters. The van der Waals surface area contributed by atoms with Crippen LogP contribution in [0.15, 0.2) is 24.3 Å². The molecule has 0 saturated heterocycles. The van der Waals surface area contributed by atoms with Crippen molar-refractivity contribution in [3.63, 3.8) is 0 Å². The van der Waals surface area contributed by atoms with Crippen LogP contribution in [0.3, 0.4) is 0 Å². The summed E-state index contributed by atoms with van der Waals surface area (Å²) in [6.07, 6.45) is 6.14. The third kappa shape index (κ3) is 3.48. The molecule has 0 spiro atoms. The Kier molecular flexibility index (Phi) is 4.09. The zero-order chi connectivity index (χ0) is 11.1. The van der Waals surface area contributed by atoms with E-state index in [2.05, 4.69) is 47.9 Å². The van der Waals surface area contributed by atoms with E-state index in [0.717, 1.165) is 25.7 Å². The summed E-state index contributed by atoms with van der Waals surface area (Å²) in [7, 11) is 0. The molecular weight excluding hydrogens is 192 g/mol. The predicted octanol–water partition coefficient (Wildman–Crippen LogP) is 3.35. The Morgan fingerprint density at radius 2 is 1.31 bits per heavy atom. The van der Waals surface area contributed by atoms with Crippen LogP contribution in [-0.4, -0.2) is 0 Å². The highest BCUT2D eigenvalue weighted by molar-refractivity contribution is 5.29. The Balaban J connectivity index is 2.16. The van der Waals surface area contributed by atoms with Gasteiger partial charge < -0.3 is 0 Å². The lowest BCUT2D eigenvalue weighted by Gasteiger charge is -1.98. The van der Waals surface area contributed by atoms with Gasteiger partial charge in [-0.05, 0) is 24.0 Å². The first-order valence-electron chi connectivity index (χ1n) is 5.94. The Labute approximate surface area is 98.1 Å². The maximum absolute atomic E-state index is 3.24. The molecule has 1 aromatic carbocycles. The second kappa shape index (κ2) is 6.04. The fourth-order valence-electron chi connectivity index (χ4n) is 1.78. The number of benzene rings is 1. The summed E-state index contributed by atoms with van der Waals surface area (Å²) in [6.45, 7) is 0. The Bertz CT molecular complexity index is 419. The molecule has 2 rings (SSSR count). The van der Waals surface area contributed by atoms with E-state index in [1.165, 1.54) is 24.0 Å². The molecular formula is C16H16. The van der Waals surface area contributed by atoms with Crippen LogP contribution in [0.2, 0.25) is 0 Å². The lowest BCUT2D eigenvalue weighted by molar-refractivity contribution is 0.782. The molecule has 0 aromatic heterocycles. The van der Waals surface area contributed by atoms with Crippen LogP contribution in [0.1, 0.15) is 36.8 Å². The molecule has 0 unspecified atom stereocenters. The van der Waals surface area contributed by atoms with Gasteiger partial charge in [0.2, 0.25) is 0 Å². The zero-order valence-electron chi connectivity index (χ0n) is 9.55. The summed E-state index contributed by atoms with van der Waals surface area (Å²) in [5.74, 6) is 13.0. The summed E-state index contributed by atoms with van der Waals surface area (Å²) in [6, 6.07) is 8.62. The molecule has 2 bridgehead atoms. The normalized spacial score (nSPS) is 15.2. The maximum atomic E-state index is 3.24. The van der Waals surface area contributed by atoms with Crippen molar-refractivity contribution in [1.82, 2.24) is 0 Å². The quantitative estimate of drug-likeness (QED) is 0.573. The Morgan fingerprint density at radius 1 is 0.750 bits per heavy atom. The minimum Gasteiger partial charge on any atom is -0.103 e. The van der Waals surface area contributed by atoms with Crippen LogP contribution >= 0.6 is 0 Å². The number of hydrogen-bond acceptors (Lipinski definition) is 0. The molecule has 1 aliphatic rings. The lowest BCUT2D eigenvalue weighted by atomic mass is 10.1. The minimum absolute atomic E-state index is 0.876. The number of hydrogen-bond donors (Lipinski definition) is 0. The molecule has 16 heavy (non-hydrogen) atoms. The van der Waals surface area contributed by atoms with Crippen molar-refractivity contribution in [2.45, 2.75) is 38.5 Å². The average Bonchev–Trinajstić information content (AvgIpc) is 2.32. The van der Waals surface area contributed by atoms with Gasteiger partial charge in [-0.3, -0.25) is 0 Å². The van der Waals surface area contributed by atoms with Gasteiger partial charge in [0, 0.05) is 25.7 Å². The highest BCUT2D eigenvalue weighted by Gasteiger charge is 1.94. The second-order valence-electron chi connectivity index (χ2n) is 4.09. The first kappa shape index (κ1) is 10.8. The van der Waals surface area contributed by atoms with Crippen molar-refractivity contribution in [2.24, 2.45) is 0 Å². The fourth-order valence-corrected chi connectivity index (χ4v) is 1.78. The van der Waals surface area contributed by atoms with Crippen LogP contribution in [0.25, 0.3) is 0 Å². The first-order valence-corrected chi connectivity index (χ1v) is 5.94. The maximum Gasteiger partial charge on any atom is 0.0340 e. The topological polar surface area (TPSA) is 0 Å². The summed E-state index contributed by atoms with van der Waals surface area (Å²) in [5.41, 5.74) is 2.62. The average molecular weight is 208 g/mol. The van der Waals surface area contributed by atoms with Gasteiger partial charge in [0.1, 0.15) is 0 Å². The van der Waals surface area contributed by atoms with Crippen molar-refractivity contribution >= 4 is 0 Å². The minimum atomic E-state index is 0.876. The van der Waals surface area contributed by atoms with E-state index in [9.17, 15) is 0 Å². The van der Waals surface area contributed by atoms with Crippen LogP contribution in [-0.2, 0) is 12.8 Å². The second-order valence-corrected chi connectivity index (χ2v) is 4.09. The van der Waals surface area contributed by atoms with Crippen LogP contribution < -0.4 is 0 Å². The van der Waals surface area contributed by atoms with Gasteiger partial charge in [-0.15, -0.1) is 11.8 Å². The van der Waals surface area contributed by atoms with E-state index in [4.69, 9.17) is 0 Å². The monoisotopic (exact) mass is 208 g/mol. The fraction of sp³-hybridized carbons (Fsp3) is 0.375. The summed E-state index contributed by atoms with van der Waals surface area (Å²) in [5, 5.41) is 0. The van der Waals surface area contributed by atoms with Crippen molar-refractivity contribution < 1.29 is 0 Å². The summed E-state index contributed by atoms with van der Waals surface area (Å²) >= 11 is 0. The van der Waals surface area contributed by atoms with Crippen LogP contribution in [0.5, 0.6) is 0 Å². The molecule has 0 amide bonds. The first-order chi connectivity index (χ1) is 7.95. The Morgan fingerprint density at radius 3 is 1.88 bits per heavy atom. The molecule has 80 valence electrons. The van der Waals surface area contributed by atoms with Gasteiger partial charge in [0.25, 0.3) is 0 Å². The largest absolute Gasteiger partial charge is 0.103 e. The lowest BCUT2D eigenvalue weighted by Crippen LogP contribution is -1.86. The molecule has 0 nitrogen and oxygen atoms in total. The van der Waals surface area contributed by atoms with Crippen molar-refractivity contribution in [2.75, 3.05) is 0 Å². The third-order valence-corrected chi connectivity index (χ3v) is 2.68. The van der Waals surface area contributed by atoms with Gasteiger partial charge in [0.15, 0.2) is 0 Å². The van der Waals surface area contributed by atoms with Crippen molar-refractivity contribution in [3.8, 4) is 23.7 Å². The molecule has 0 saturated carbocycles. The number of rotatable bonds is 0. The number of fused-ring (bicyclic) bond motifs is 2. The summed E-state index contributed by atoms with van der Waals surface area (Å²) in [4.78, 5) is 0. The van der Waals surface area contributed by atoms with E-state index in [-0.39, 0.29) is 0 Å². The standard InChI is InChI=1S/C16H16/c1-2-4-6-8-11-16-13-9-12-15(14-16)10-7-5-3-1/h9,12-14H,1-4,10-11H2. The van der Waals surface area contributed by atoms with Gasteiger partial charge in [-0.2, -0.15) is 0 Å². The SMILES string of the molecule is C1#CCc2cccc(c2)CC#CCCCC1. The molecule has 0 heterocycles. The van der Waals surface area contributed by atoms with E-state index in [1.54, 1.807) is 0 Å². The Hall–Kier alpha value is -1.66. The third-order valence-electron chi connectivity index (χ3n) is 2.68. The highest BCUT2D eigenvalue weighted by atomic mass is 14.0. The summed E-state index contributed by atoms with van der Waals surface area (Å²) < 4.78 is 0. The molecule has 1 aliphatic carbocycles.